The Morgan fingerprint density at radius 3 is 2.70 bits per heavy atom. The molecule has 0 spiro atoms. The number of amides is 1. The summed E-state index contributed by atoms with van der Waals surface area (Å²) in [7, 11) is 0. The molecule has 1 N–H and O–H groups in total. The molecule has 2 aromatic rings. The fourth-order valence-electron chi connectivity index (χ4n) is 4.74. The second-order valence-corrected chi connectivity index (χ2v) is 8.70. The van der Waals surface area contributed by atoms with Crippen LogP contribution in [-0.4, -0.2) is 46.3 Å². The minimum absolute atomic E-state index is 0.0336. The van der Waals surface area contributed by atoms with Crippen LogP contribution in [-0.2, 0) is 11.2 Å². The van der Waals surface area contributed by atoms with Crippen molar-refractivity contribution in [3.8, 4) is 16.9 Å². The molecule has 3 heterocycles. The molecule has 1 aromatic heterocycles. The van der Waals surface area contributed by atoms with E-state index in [0.717, 1.165) is 79.9 Å². The van der Waals surface area contributed by atoms with Crippen LogP contribution in [0.1, 0.15) is 57.1 Å². The number of aromatic nitrogens is 2. The molecule has 1 saturated heterocycles. The van der Waals surface area contributed by atoms with Crippen LogP contribution in [0.15, 0.2) is 24.5 Å². The van der Waals surface area contributed by atoms with Crippen LogP contribution in [0.4, 0.5) is 10.5 Å². The molecule has 0 bridgehead atoms. The molecule has 0 radical (unpaired) electrons. The first-order valence-corrected chi connectivity index (χ1v) is 11.1. The molecular weight excluding hydrogens is 382 g/mol. The number of nitrogens with zero attached hydrogens (tertiary/aromatic N) is 3. The van der Waals surface area contributed by atoms with Gasteiger partial charge in [-0.3, -0.25) is 9.58 Å². The number of hydrogen-bond donors (Lipinski definition) is 1. The van der Waals surface area contributed by atoms with Gasteiger partial charge in [0.2, 0.25) is 0 Å². The Bertz CT molecular complexity index is 931. The maximum absolute atomic E-state index is 11.9. The van der Waals surface area contributed by atoms with Gasteiger partial charge in [-0.25, -0.2) is 4.79 Å². The lowest BCUT2D eigenvalue weighted by atomic mass is 9.91. The largest absolute Gasteiger partial charge is 0.489 e. The summed E-state index contributed by atoms with van der Waals surface area (Å²) >= 11 is 0. The first-order chi connectivity index (χ1) is 14.6. The van der Waals surface area contributed by atoms with E-state index >= 15 is 0 Å². The van der Waals surface area contributed by atoms with Gasteiger partial charge in [0.25, 0.3) is 0 Å². The van der Waals surface area contributed by atoms with Crippen molar-refractivity contribution >= 4 is 11.8 Å². The lowest BCUT2D eigenvalue weighted by Gasteiger charge is -2.36. The lowest BCUT2D eigenvalue weighted by Crippen LogP contribution is -2.41. The third kappa shape index (κ3) is 3.45. The third-order valence-electron chi connectivity index (χ3n) is 6.77. The normalized spacial score (nSPS) is 22.4. The van der Waals surface area contributed by atoms with Crippen molar-refractivity contribution in [1.29, 1.82) is 0 Å². The van der Waals surface area contributed by atoms with Gasteiger partial charge >= 0.3 is 6.09 Å². The smallest absolute Gasteiger partial charge is 0.412 e. The Kier molecular flexibility index (Phi) is 5.15. The molecule has 160 valence electrons. The zero-order valence-electron chi connectivity index (χ0n) is 17.4. The van der Waals surface area contributed by atoms with Crippen LogP contribution in [0.25, 0.3) is 11.1 Å². The maximum Gasteiger partial charge on any atom is 0.412 e. The Hall–Kier alpha value is -2.54. The number of hydrogen-bond acceptors (Lipinski definition) is 4. The maximum atomic E-state index is 11.9. The Balaban J connectivity index is 1.55. The highest BCUT2D eigenvalue weighted by molar-refractivity contribution is 5.91. The van der Waals surface area contributed by atoms with Gasteiger partial charge in [-0.2, -0.15) is 5.10 Å². The van der Waals surface area contributed by atoms with Crippen molar-refractivity contribution in [3.05, 3.63) is 30.1 Å². The van der Waals surface area contributed by atoms with E-state index in [1.165, 1.54) is 11.3 Å². The monoisotopic (exact) mass is 411 g/mol. The summed E-state index contributed by atoms with van der Waals surface area (Å²) in [5, 5.41) is 14.4. The number of fused-ring (bicyclic) bond motifs is 1. The quantitative estimate of drug-likeness (QED) is 0.792. The van der Waals surface area contributed by atoms with Crippen LogP contribution in [0.3, 0.4) is 0 Å². The molecule has 1 aromatic carbocycles. The topological polar surface area (TPSA) is 76.8 Å². The highest BCUT2D eigenvalue weighted by Gasteiger charge is 2.33. The highest BCUT2D eigenvalue weighted by atomic mass is 16.5. The van der Waals surface area contributed by atoms with Gasteiger partial charge in [0.15, 0.2) is 0 Å². The fourth-order valence-corrected chi connectivity index (χ4v) is 4.74. The van der Waals surface area contributed by atoms with Crippen molar-refractivity contribution in [2.24, 2.45) is 0 Å². The minimum atomic E-state index is -0.905. The average molecular weight is 412 g/mol. The van der Waals surface area contributed by atoms with Crippen LogP contribution >= 0.6 is 0 Å². The molecule has 7 heteroatoms. The van der Waals surface area contributed by atoms with E-state index < -0.39 is 6.09 Å². The SMILES string of the molecule is C[C@H]1CCc2c(ccc(-c3cnn(C4CCOCC4)c3)c2OC2CCC2)N1C(=O)O. The Labute approximate surface area is 176 Å². The number of carbonyl (C=O) groups is 1. The fraction of sp³-hybridized carbons (Fsp3) is 0.565. The number of anilines is 1. The summed E-state index contributed by atoms with van der Waals surface area (Å²) in [6, 6.07) is 4.28. The predicted molar refractivity (Wildman–Crippen MR) is 113 cm³/mol. The summed E-state index contributed by atoms with van der Waals surface area (Å²) in [4.78, 5) is 13.4. The molecule has 30 heavy (non-hydrogen) atoms. The molecule has 1 aliphatic carbocycles. The average Bonchev–Trinajstić information content (AvgIpc) is 3.20. The van der Waals surface area contributed by atoms with Gasteiger partial charge in [-0.1, -0.05) is 0 Å². The van der Waals surface area contributed by atoms with Gasteiger partial charge in [-0.05, 0) is 64.0 Å². The van der Waals surface area contributed by atoms with E-state index in [0.29, 0.717) is 6.04 Å². The first-order valence-electron chi connectivity index (χ1n) is 11.1. The number of ether oxygens (including phenoxy) is 2. The second kappa shape index (κ2) is 7.95. The van der Waals surface area contributed by atoms with Gasteiger partial charge in [0.05, 0.1) is 24.0 Å². The first kappa shape index (κ1) is 19.4. The lowest BCUT2D eigenvalue weighted by molar-refractivity contribution is 0.0662. The molecule has 7 nitrogen and oxygen atoms in total. The van der Waals surface area contributed by atoms with Crippen LogP contribution in [0, 0.1) is 0 Å². The molecule has 1 saturated carbocycles. The van der Waals surface area contributed by atoms with Crippen LogP contribution in [0.2, 0.25) is 0 Å². The molecule has 2 aliphatic heterocycles. The number of carboxylic acid groups (broad SMARTS) is 1. The third-order valence-corrected chi connectivity index (χ3v) is 6.77. The molecule has 2 fully saturated rings. The standard InChI is InChI=1S/C23H29N3O4/c1-15-5-6-20-21(26(15)23(27)28)8-7-19(22(20)30-18-3-2-4-18)16-13-24-25(14-16)17-9-11-29-12-10-17/h7-8,13-15,17-18H,2-6,9-12H2,1H3,(H,27,28)/t15-/m0/s1. The molecule has 1 amide bonds. The minimum Gasteiger partial charge on any atom is -0.489 e. The van der Waals surface area contributed by atoms with Gasteiger partial charge < -0.3 is 14.6 Å². The van der Waals surface area contributed by atoms with Crippen molar-refractivity contribution in [3.63, 3.8) is 0 Å². The Morgan fingerprint density at radius 2 is 2.00 bits per heavy atom. The van der Waals surface area contributed by atoms with Crippen molar-refractivity contribution in [1.82, 2.24) is 9.78 Å². The molecular formula is C23H29N3O4. The van der Waals surface area contributed by atoms with Crippen molar-refractivity contribution < 1.29 is 19.4 Å². The van der Waals surface area contributed by atoms with Crippen LogP contribution < -0.4 is 9.64 Å². The number of benzene rings is 1. The van der Waals surface area contributed by atoms with Crippen molar-refractivity contribution in [2.75, 3.05) is 18.1 Å². The van der Waals surface area contributed by atoms with E-state index in [4.69, 9.17) is 9.47 Å². The molecule has 3 aliphatic rings. The van der Waals surface area contributed by atoms with E-state index in [1.54, 1.807) is 0 Å². The summed E-state index contributed by atoms with van der Waals surface area (Å²) < 4.78 is 14.0. The molecule has 1 atom stereocenters. The van der Waals surface area contributed by atoms with Gasteiger partial charge in [-0.15, -0.1) is 0 Å². The zero-order valence-corrected chi connectivity index (χ0v) is 17.4. The zero-order chi connectivity index (χ0) is 20.7. The van der Waals surface area contributed by atoms with Crippen LogP contribution in [0.5, 0.6) is 5.75 Å². The predicted octanol–water partition coefficient (Wildman–Crippen LogP) is 4.65. The summed E-state index contributed by atoms with van der Waals surface area (Å²) in [6.07, 6.45) is 10.2. The van der Waals surface area contributed by atoms with E-state index in [-0.39, 0.29) is 12.1 Å². The van der Waals surface area contributed by atoms with Gasteiger partial charge in [0.1, 0.15) is 5.75 Å². The van der Waals surface area contributed by atoms with E-state index in [1.807, 2.05) is 25.3 Å². The summed E-state index contributed by atoms with van der Waals surface area (Å²) in [5.74, 6) is 0.849. The summed E-state index contributed by atoms with van der Waals surface area (Å²) in [5.41, 5.74) is 3.81. The van der Waals surface area contributed by atoms with E-state index in [2.05, 4.69) is 16.0 Å². The van der Waals surface area contributed by atoms with Crippen molar-refractivity contribution in [2.45, 2.75) is 70.1 Å². The molecule has 5 rings (SSSR count). The van der Waals surface area contributed by atoms with Gasteiger partial charge in [0, 0.05) is 42.1 Å². The van der Waals surface area contributed by atoms with E-state index in [9.17, 15) is 9.90 Å². The second-order valence-electron chi connectivity index (χ2n) is 8.70. The Morgan fingerprint density at radius 1 is 1.20 bits per heavy atom. The molecule has 0 unspecified atom stereocenters. The highest BCUT2D eigenvalue weighted by Crippen LogP contribution is 2.44. The number of rotatable bonds is 4. The summed E-state index contributed by atoms with van der Waals surface area (Å²) in [6.45, 7) is 3.52.